The summed E-state index contributed by atoms with van der Waals surface area (Å²) in [6.07, 6.45) is 4.25. The second-order valence-electron chi connectivity index (χ2n) is 9.46. The van der Waals surface area contributed by atoms with Gasteiger partial charge in [-0.05, 0) is 63.5 Å². The fraction of sp³-hybridized carbons (Fsp3) is 0.483. The molecule has 0 spiro atoms. The molecule has 0 saturated carbocycles. The molecule has 1 aliphatic heterocycles. The molecule has 5 nitrogen and oxygen atoms in total. The van der Waals surface area contributed by atoms with Gasteiger partial charge in [-0.2, -0.15) is 0 Å². The Morgan fingerprint density at radius 2 is 1.51 bits per heavy atom. The Hall–Kier alpha value is -1.99. The summed E-state index contributed by atoms with van der Waals surface area (Å²) in [5.41, 5.74) is 2.80. The van der Waals surface area contributed by atoms with Gasteiger partial charge >= 0.3 is 0 Å². The Labute approximate surface area is 218 Å². The third kappa shape index (κ3) is 7.04. The molecule has 35 heavy (non-hydrogen) atoms. The number of hydrogen-bond acceptors (Lipinski definition) is 5. The minimum Gasteiger partial charge on any atom is -0.507 e. The Morgan fingerprint density at radius 1 is 0.943 bits per heavy atom. The number of hydrogen-bond donors (Lipinski definition) is 2. The zero-order chi connectivity index (χ0) is 25.4. The number of carbonyl (C=O) groups is 1. The van der Waals surface area contributed by atoms with Crippen molar-refractivity contribution in [2.24, 2.45) is 0 Å². The van der Waals surface area contributed by atoms with Crippen LogP contribution in [0.4, 0.5) is 0 Å². The lowest BCUT2D eigenvalue weighted by Crippen LogP contribution is -2.37. The number of benzene rings is 2. The number of aliphatic hydroxyl groups excluding tert-OH is 2. The quantitative estimate of drug-likeness (QED) is 0.244. The summed E-state index contributed by atoms with van der Waals surface area (Å²) >= 11 is 3.48. The van der Waals surface area contributed by atoms with E-state index in [2.05, 4.69) is 34.7 Å². The Bertz CT molecular complexity index is 980. The third-order valence-corrected chi connectivity index (χ3v) is 7.26. The minimum atomic E-state index is -1.27. The van der Waals surface area contributed by atoms with E-state index in [0.717, 1.165) is 41.7 Å². The predicted octanol–water partition coefficient (Wildman–Crippen LogP) is 6.26. The van der Waals surface area contributed by atoms with E-state index in [1.54, 1.807) is 0 Å². The molecule has 1 saturated heterocycles. The zero-order valence-corrected chi connectivity index (χ0v) is 22.8. The van der Waals surface area contributed by atoms with Crippen LogP contribution in [0.1, 0.15) is 68.7 Å². The highest BCUT2D eigenvalue weighted by atomic mass is 79.9. The number of carbonyl (C=O) groups excluding carboxylic acids is 1. The van der Waals surface area contributed by atoms with Crippen LogP contribution in [0.5, 0.6) is 0 Å². The largest absolute Gasteiger partial charge is 0.507 e. The number of aryl methyl sites for hydroxylation is 1. The first-order chi connectivity index (χ1) is 16.9. The molecule has 1 aliphatic rings. The van der Waals surface area contributed by atoms with E-state index in [-0.39, 0.29) is 11.3 Å². The molecule has 6 heteroatoms. The molecular weight excluding hydrogens is 504 g/mol. The molecule has 0 aliphatic carbocycles. The highest BCUT2D eigenvalue weighted by Gasteiger charge is 2.46. The van der Waals surface area contributed by atoms with Crippen LogP contribution in [0.25, 0.3) is 5.76 Å². The van der Waals surface area contributed by atoms with Gasteiger partial charge in [0.05, 0.1) is 11.6 Å². The van der Waals surface area contributed by atoms with Crippen LogP contribution in [0, 0.1) is 6.92 Å². The number of unbranched alkanes of at least 4 members (excludes halogenated alkanes) is 2. The van der Waals surface area contributed by atoms with Crippen molar-refractivity contribution < 1.29 is 15.0 Å². The average molecular weight is 544 g/mol. The van der Waals surface area contributed by atoms with Gasteiger partial charge in [-0.1, -0.05) is 84.6 Å². The summed E-state index contributed by atoms with van der Waals surface area (Å²) in [4.78, 5) is 17.6. The number of nitrogens with zero attached hydrogens (tertiary/aromatic N) is 2. The number of ketones is 1. The number of likely N-dealkylation sites (tertiary alicyclic amines) is 1. The molecule has 0 radical (unpaired) electrons. The average Bonchev–Trinajstić information content (AvgIpc) is 3.10. The lowest BCUT2D eigenvalue weighted by Gasteiger charge is -2.29. The molecule has 2 aromatic carbocycles. The van der Waals surface area contributed by atoms with Crippen LogP contribution >= 0.6 is 15.9 Å². The highest BCUT2D eigenvalue weighted by molar-refractivity contribution is 9.10. The van der Waals surface area contributed by atoms with Crippen molar-refractivity contribution in [1.82, 2.24) is 9.80 Å². The Morgan fingerprint density at radius 3 is 2.09 bits per heavy atom. The van der Waals surface area contributed by atoms with Gasteiger partial charge in [0, 0.05) is 16.6 Å². The van der Waals surface area contributed by atoms with Gasteiger partial charge in [0.25, 0.3) is 0 Å². The normalized spacial score (nSPS) is 20.1. The van der Waals surface area contributed by atoms with Crippen molar-refractivity contribution in [3.05, 3.63) is 75.3 Å². The van der Waals surface area contributed by atoms with E-state index >= 15 is 0 Å². The molecule has 0 unspecified atom stereocenters. The van der Waals surface area contributed by atoms with Gasteiger partial charge in [0.15, 0.2) is 6.23 Å². The van der Waals surface area contributed by atoms with Crippen LogP contribution < -0.4 is 0 Å². The molecular formula is C29H39BrN2O3. The van der Waals surface area contributed by atoms with E-state index in [4.69, 9.17) is 0 Å². The van der Waals surface area contributed by atoms with Crippen LogP contribution in [0.2, 0.25) is 0 Å². The first-order valence-electron chi connectivity index (χ1n) is 12.8. The van der Waals surface area contributed by atoms with E-state index < -0.39 is 18.1 Å². The summed E-state index contributed by atoms with van der Waals surface area (Å²) in [5, 5.41) is 22.2. The molecule has 1 heterocycles. The highest BCUT2D eigenvalue weighted by Crippen LogP contribution is 2.41. The van der Waals surface area contributed by atoms with Crippen molar-refractivity contribution in [3.63, 3.8) is 0 Å². The maximum Gasteiger partial charge on any atom is 0.208 e. The van der Waals surface area contributed by atoms with Gasteiger partial charge in [-0.3, -0.25) is 9.69 Å². The summed E-state index contributed by atoms with van der Waals surface area (Å²) in [5.74, 6) is -0.484. The van der Waals surface area contributed by atoms with E-state index in [0.29, 0.717) is 12.1 Å². The van der Waals surface area contributed by atoms with Gasteiger partial charge in [0.2, 0.25) is 5.78 Å². The second-order valence-corrected chi connectivity index (χ2v) is 10.4. The number of aliphatic hydroxyl groups is 2. The first-order valence-corrected chi connectivity index (χ1v) is 13.6. The number of Topliss-reactive ketones (excluding diaryl/α,β-unsaturated/α-hetero) is 1. The predicted molar refractivity (Wildman–Crippen MR) is 146 cm³/mol. The van der Waals surface area contributed by atoms with Gasteiger partial charge in [-0.15, -0.1) is 0 Å². The number of halogens is 1. The smallest absolute Gasteiger partial charge is 0.208 e. The molecule has 190 valence electrons. The molecule has 3 rings (SSSR count). The SMILES string of the molecule is CCCCN(CCCC)CCCN1[C@@H](c2ccc(Br)cc2)C(=C(O)c2ccc(C)cc2)C(=O)[C@@H]1O. The molecule has 0 aromatic heterocycles. The molecule has 2 aromatic rings. The number of rotatable bonds is 12. The van der Waals surface area contributed by atoms with Gasteiger partial charge in [-0.25, -0.2) is 0 Å². The summed E-state index contributed by atoms with van der Waals surface area (Å²) < 4.78 is 0.938. The topological polar surface area (TPSA) is 64.0 Å². The minimum absolute atomic E-state index is 0.0583. The summed E-state index contributed by atoms with van der Waals surface area (Å²) in [6, 6.07) is 14.7. The molecule has 2 N–H and O–H groups in total. The second kappa shape index (κ2) is 13.4. The summed E-state index contributed by atoms with van der Waals surface area (Å²) in [7, 11) is 0. The van der Waals surface area contributed by atoms with E-state index in [1.807, 2.05) is 60.4 Å². The fourth-order valence-corrected chi connectivity index (χ4v) is 4.94. The zero-order valence-electron chi connectivity index (χ0n) is 21.2. The third-order valence-electron chi connectivity index (χ3n) is 6.73. The molecule has 1 fully saturated rings. The van der Waals surface area contributed by atoms with Crippen molar-refractivity contribution >= 4 is 27.5 Å². The Balaban J connectivity index is 1.89. The van der Waals surface area contributed by atoms with Crippen LogP contribution in [0.15, 0.2) is 58.6 Å². The van der Waals surface area contributed by atoms with E-state index in [1.165, 1.54) is 25.7 Å². The van der Waals surface area contributed by atoms with Crippen LogP contribution in [0.3, 0.4) is 0 Å². The molecule has 2 atom stereocenters. The fourth-order valence-electron chi connectivity index (χ4n) is 4.67. The van der Waals surface area contributed by atoms with Crippen molar-refractivity contribution in [2.75, 3.05) is 26.2 Å². The van der Waals surface area contributed by atoms with Gasteiger partial charge < -0.3 is 15.1 Å². The monoisotopic (exact) mass is 542 g/mol. The maximum atomic E-state index is 13.3. The molecule has 0 amide bonds. The van der Waals surface area contributed by atoms with Crippen LogP contribution in [-0.4, -0.2) is 58.2 Å². The lowest BCUT2D eigenvalue weighted by atomic mass is 9.95. The van der Waals surface area contributed by atoms with Crippen LogP contribution in [-0.2, 0) is 4.79 Å². The van der Waals surface area contributed by atoms with Crippen molar-refractivity contribution in [1.29, 1.82) is 0 Å². The van der Waals surface area contributed by atoms with Crippen molar-refractivity contribution in [2.45, 2.75) is 65.1 Å². The standard InChI is InChI=1S/C29H39BrN2O3/c1-4-6-17-31(18-7-5-2)19-8-20-32-26(22-13-15-24(30)16-14-22)25(28(34)29(32)35)27(33)23-11-9-21(3)10-12-23/h9-16,26,29,33,35H,4-8,17-20H2,1-3H3/t26-,29-/m0/s1. The van der Waals surface area contributed by atoms with Crippen molar-refractivity contribution in [3.8, 4) is 0 Å². The first kappa shape index (κ1) is 27.6. The van der Waals surface area contributed by atoms with Gasteiger partial charge in [0.1, 0.15) is 5.76 Å². The molecule has 0 bridgehead atoms. The maximum absolute atomic E-state index is 13.3. The lowest BCUT2D eigenvalue weighted by molar-refractivity contribution is -0.127. The Kier molecular flexibility index (Phi) is 10.5. The summed E-state index contributed by atoms with van der Waals surface area (Å²) in [6.45, 7) is 10.0. The van der Waals surface area contributed by atoms with E-state index in [9.17, 15) is 15.0 Å².